The lowest BCUT2D eigenvalue weighted by Gasteiger charge is -2.45. The molecule has 4 bridgehead atoms. The second kappa shape index (κ2) is 10.6. The Kier molecular flexibility index (Phi) is 7.35. The number of nitrogens with two attached hydrogens (primary N) is 1. The number of carbonyl (C=O) groups is 1. The number of nitrogens with one attached hydrogen (secondary N) is 1. The number of ether oxygens (including phenoxy) is 1. The minimum Gasteiger partial charge on any atom is -0.475 e. The molecule has 1 fully saturated rings. The van der Waals surface area contributed by atoms with Gasteiger partial charge in [-0.25, -0.2) is 18.1 Å². The third-order valence-electron chi connectivity index (χ3n) is 7.39. The largest absolute Gasteiger partial charge is 0.475 e. The van der Waals surface area contributed by atoms with Gasteiger partial charge in [-0.15, -0.1) is 0 Å². The van der Waals surface area contributed by atoms with Gasteiger partial charge in [0, 0.05) is 29.3 Å². The summed E-state index contributed by atoms with van der Waals surface area (Å²) in [5.74, 6) is 0.199. The summed E-state index contributed by atoms with van der Waals surface area (Å²) in [6.45, 7) is 8.37. The Bertz CT molecular complexity index is 1480. The number of benzene rings is 2. The van der Waals surface area contributed by atoms with Gasteiger partial charge < -0.3 is 15.4 Å². The molecular weight excluding hydrogens is 514 g/mol. The number of aromatic nitrogens is 2. The van der Waals surface area contributed by atoms with Crippen molar-refractivity contribution in [1.29, 1.82) is 0 Å². The molecule has 3 aromatic rings. The van der Waals surface area contributed by atoms with Crippen LogP contribution in [0.15, 0.2) is 53.4 Å². The molecule has 1 saturated carbocycles. The molecule has 0 unspecified atom stereocenters. The molecule has 3 N–H and O–H groups in total. The van der Waals surface area contributed by atoms with Crippen LogP contribution in [0, 0.1) is 19.8 Å². The number of hydrogen-bond donors (Lipinski definition) is 2. The first-order valence-corrected chi connectivity index (χ1v) is 14.8. The molecule has 2 aromatic carbocycles. The first-order valence-electron chi connectivity index (χ1n) is 13.3. The minimum atomic E-state index is -4.09. The topological polar surface area (TPSA) is 128 Å². The Labute approximate surface area is 229 Å². The Morgan fingerprint density at radius 2 is 1.77 bits per heavy atom. The zero-order chi connectivity index (χ0) is 27.9. The van der Waals surface area contributed by atoms with Crippen molar-refractivity contribution in [3.05, 3.63) is 65.2 Å². The van der Waals surface area contributed by atoms with Crippen LogP contribution in [-0.2, 0) is 10.0 Å². The predicted octanol–water partition coefficient (Wildman–Crippen LogP) is 4.30. The Morgan fingerprint density at radius 1 is 1.08 bits per heavy atom. The van der Waals surface area contributed by atoms with Crippen LogP contribution in [0.1, 0.15) is 54.6 Å². The third kappa shape index (κ3) is 5.62. The highest BCUT2D eigenvalue weighted by molar-refractivity contribution is 7.92. The van der Waals surface area contributed by atoms with E-state index in [2.05, 4.69) is 28.5 Å². The van der Waals surface area contributed by atoms with Gasteiger partial charge in [-0.05, 0) is 68.4 Å². The molecule has 0 saturated heterocycles. The van der Waals surface area contributed by atoms with E-state index < -0.39 is 10.0 Å². The zero-order valence-corrected chi connectivity index (χ0v) is 23.5. The van der Waals surface area contributed by atoms with Crippen LogP contribution >= 0.6 is 0 Å². The fraction of sp³-hybridized carbons (Fsp3) is 0.414. The number of amides is 1. The maximum absolute atomic E-state index is 13.9. The fourth-order valence-corrected chi connectivity index (χ4v) is 6.48. The summed E-state index contributed by atoms with van der Waals surface area (Å²) >= 11 is 0. The molecule has 9 nitrogen and oxygen atoms in total. The quantitative estimate of drug-likeness (QED) is 0.497. The van der Waals surface area contributed by atoms with E-state index in [9.17, 15) is 13.2 Å². The van der Waals surface area contributed by atoms with Crippen molar-refractivity contribution in [3.8, 4) is 17.1 Å². The summed E-state index contributed by atoms with van der Waals surface area (Å²) in [4.78, 5) is 24.7. The lowest BCUT2D eigenvalue weighted by Crippen LogP contribution is -2.58. The number of carbonyl (C=O) groups excluding carboxylic acids is 1. The normalized spacial score (nSPS) is 22.6. The van der Waals surface area contributed by atoms with Gasteiger partial charge in [0.2, 0.25) is 11.8 Å². The Balaban J connectivity index is 1.66. The molecule has 1 aliphatic carbocycles. The smallest absolute Gasteiger partial charge is 0.264 e. The van der Waals surface area contributed by atoms with Crippen molar-refractivity contribution in [2.24, 2.45) is 11.7 Å². The lowest BCUT2D eigenvalue weighted by molar-refractivity contribution is 0.0251. The van der Waals surface area contributed by atoms with Gasteiger partial charge in [-0.2, -0.15) is 4.98 Å². The molecule has 39 heavy (non-hydrogen) atoms. The number of aryl methyl sites for hydroxylation is 2. The van der Waals surface area contributed by atoms with Crippen molar-refractivity contribution in [3.63, 3.8) is 0 Å². The number of sulfonamides is 1. The van der Waals surface area contributed by atoms with Gasteiger partial charge in [-0.1, -0.05) is 38.1 Å². The predicted molar refractivity (Wildman–Crippen MR) is 150 cm³/mol. The van der Waals surface area contributed by atoms with Crippen molar-refractivity contribution < 1.29 is 17.9 Å². The first-order chi connectivity index (χ1) is 18.5. The van der Waals surface area contributed by atoms with Crippen LogP contribution in [0.25, 0.3) is 11.3 Å². The summed E-state index contributed by atoms with van der Waals surface area (Å²) in [7, 11) is -4.09. The van der Waals surface area contributed by atoms with Crippen LogP contribution < -0.4 is 15.2 Å². The molecule has 2 heterocycles. The lowest BCUT2D eigenvalue weighted by atomic mass is 9.84. The second-order valence-corrected chi connectivity index (χ2v) is 12.7. The van der Waals surface area contributed by atoms with Gasteiger partial charge in [0.15, 0.2) is 0 Å². The molecule has 5 rings (SSSR count). The molecule has 1 atom stereocenters. The van der Waals surface area contributed by atoms with Gasteiger partial charge in [0.25, 0.3) is 15.9 Å². The third-order valence-corrected chi connectivity index (χ3v) is 8.72. The average Bonchev–Trinajstić information content (AvgIpc) is 2.85. The highest BCUT2D eigenvalue weighted by Gasteiger charge is 2.39. The van der Waals surface area contributed by atoms with Crippen molar-refractivity contribution in [1.82, 2.24) is 14.9 Å². The summed E-state index contributed by atoms with van der Waals surface area (Å²) < 4.78 is 35.6. The first kappa shape index (κ1) is 27.1. The SMILES string of the molecule is Cc1cccc(C)c1-c1cc2nc(n1)NS(=O)(=O)c1cccc(c1)C(=O)N([C@H]1C[C@@H](N)C1)[C@H](CC(C)C)CO2. The molecule has 1 amide bonds. The summed E-state index contributed by atoms with van der Waals surface area (Å²) in [6.07, 6.45) is 2.08. The van der Waals surface area contributed by atoms with Crippen LogP contribution in [0.4, 0.5) is 5.95 Å². The van der Waals surface area contributed by atoms with Crippen LogP contribution in [0.5, 0.6) is 5.88 Å². The van der Waals surface area contributed by atoms with E-state index in [1.807, 2.05) is 36.9 Å². The van der Waals surface area contributed by atoms with Crippen molar-refractivity contribution in [2.45, 2.75) is 70.0 Å². The van der Waals surface area contributed by atoms with E-state index in [1.165, 1.54) is 12.1 Å². The monoisotopic (exact) mass is 549 g/mol. The molecule has 206 valence electrons. The summed E-state index contributed by atoms with van der Waals surface area (Å²) in [5.41, 5.74) is 9.85. The van der Waals surface area contributed by atoms with Gasteiger partial charge in [0.1, 0.15) is 6.61 Å². The molecule has 2 aliphatic rings. The molecule has 1 aliphatic heterocycles. The average molecular weight is 550 g/mol. The van der Waals surface area contributed by atoms with E-state index >= 15 is 0 Å². The highest BCUT2D eigenvalue weighted by atomic mass is 32.2. The van der Waals surface area contributed by atoms with E-state index in [0.29, 0.717) is 30.5 Å². The van der Waals surface area contributed by atoms with Gasteiger partial charge in [-0.3, -0.25) is 4.79 Å². The zero-order valence-electron chi connectivity index (χ0n) is 22.7. The Hall–Kier alpha value is -3.50. The summed E-state index contributed by atoms with van der Waals surface area (Å²) in [5, 5.41) is 0. The van der Waals surface area contributed by atoms with Crippen molar-refractivity contribution in [2.75, 3.05) is 11.3 Å². The van der Waals surface area contributed by atoms with Crippen LogP contribution in [0.3, 0.4) is 0 Å². The molecule has 0 radical (unpaired) electrons. The number of fused-ring (bicyclic) bond motifs is 4. The maximum Gasteiger partial charge on any atom is 0.264 e. The number of hydrogen-bond acceptors (Lipinski definition) is 7. The van der Waals surface area contributed by atoms with Gasteiger partial charge in [0.05, 0.1) is 16.6 Å². The maximum atomic E-state index is 13.9. The number of rotatable bonds is 4. The van der Waals surface area contributed by atoms with Gasteiger partial charge >= 0.3 is 0 Å². The molecule has 10 heteroatoms. The van der Waals surface area contributed by atoms with E-state index in [4.69, 9.17) is 10.5 Å². The molecule has 0 spiro atoms. The molecule has 1 aromatic heterocycles. The minimum absolute atomic E-state index is 0.0354. The van der Waals surface area contributed by atoms with Crippen LogP contribution in [-0.4, -0.2) is 53.9 Å². The highest BCUT2D eigenvalue weighted by Crippen LogP contribution is 2.33. The van der Waals surface area contributed by atoms with E-state index in [0.717, 1.165) is 16.7 Å². The van der Waals surface area contributed by atoms with Crippen molar-refractivity contribution >= 4 is 21.9 Å². The van der Waals surface area contributed by atoms with Crippen LogP contribution in [0.2, 0.25) is 0 Å². The number of anilines is 1. The standard InChI is InChI=1S/C29H35N5O4S/c1-17(2)11-23-16-38-26-15-25(27-18(3)7-5-8-19(27)4)31-29(32-26)33-39(36,37)24-10-6-9-20(12-24)28(35)34(23)22-13-21(30)14-22/h5-10,12,15,17,21-23H,11,13-14,16,30H2,1-4H3,(H,31,32,33)/t21-,22+,23-/m1/s1. The van der Waals surface area contributed by atoms with E-state index in [1.54, 1.807) is 18.2 Å². The summed E-state index contributed by atoms with van der Waals surface area (Å²) in [6, 6.07) is 13.5. The Morgan fingerprint density at radius 3 is 2.44 bits per heavy atom. The number of nitrogens with zero attached hydrogens (tertiary/aromatic N) is 3. The fourth-order valence-electron chi connectivity index (χ4n) is 5.49. The second-order valence-electron chi connectivity index (χ2n) is 11.0. The molecular formula is C29H35N5O4S. The van der Waals surface area contributed by atoms with E-state index in [-0.39, 0.29) is 53.3 Å².